The molecule has 76 valence electrons. The van der Waals surface area contributed by atoms with Gasteiger partial charge in [0.05, 0.1) is 0 Å². The van der Waals surface area contributed by atoms with Gasteiger partial charge in [0.15, 0.2) is 0 Å². The lowest BCUT2D eigenvalue weighted by Gasteiger charge is -2.05. The molecule has 0 heterocycles. The Bertz CT molecular complexity index is 319. The predicted molar refractivity (Wildman–Crippen MR) is 52.1 cm³/mol. The fourth-order valence-corrected chi connectivity index (χ4v) is 1.00. The number of carbonyl (C=O) groups is 1. The SMILES string of the molecule is O=C(Cl)OCCNc1cccc(F)c1. The summed E-state index contributed by atoms with van der Waals surface area (Å²) >= 11 is 4.94. The number of rotatable bonds is 4. The zero-order valence-corrected chi connectivity index (χ0v) is 8.05. The highest BCUT2D eigenvalue weighted by atomic mass is 35.5. The van der Waals surface area contributed by atoms with Gasteiger partial charge < -0.3 is 10.1 Å². The first-order valence-electron chi connectivity index (χ1n) is 4.00. The molecule has 1 rings (SSSR count). The minimum absolute atomic E-state index is 0.152. The Balaban J connectivity index is 2.28. The Kier molecular flexibility index (Phi) is 4.19. The standard InChI is InChI=1S/C9H9ClFNO2/c10-9(13)14-5-4-12-8-3-1-2-7(11)6-8/h1-3,6,12H,4-5H2. The van der Waals surface area contributed by atoms with Crippen LogP contribution in [0, 0.1) is 5.82 Å². The molecule has 0 atom stereocenters. The minimum atomic E-state index is -0.842. The van der Waals surface area contributed by atoms with Gasteiger partial charge in [-0.3, -0.25) is 0 Å². The summed E-state index contributed by atoms with van der Waals surface area (Å²) in [5, 5.41) is 2.86. The molecule has 1 N–H and O–H groups in total. The van der Waals surface area contributed by atoms with Crippen molar-refractivity contribution in [3.8, 4) is 0 Å². The van der Waals surface area contributed by atoms with Gasteiger partial charge in [-0.2, -0.15) is 0 Å². The number of hydrogen-bond acceptors (Lipinski definition) is 3. The normalized spacial score (nSPS) is 9.57. The van der Waals surface area contributed by atoms with Crippen LogP contribution in [0.1, 0.15) is 0 Å². The van der Waals surface area contributed by atoms with E-state index in [1.165, 1.54) is 12.1 Å². The maximum atomic E-state index is 12.7. The van der Waals surface area contributed by atoms with Crippen molar-refractivity contribution in [3.63, 3.8) is 0 Å². The molecule has 0 amide bonds. The Morgan fingerprint density at radius 2 is 2.36 bits per heavy atom. The fraction of sp³-hybridized carbons (Fsp3) is 0.222. The Morgan fingerprint density at radius 1 is 1.57 bits per heavy atom. The van der Waals surface area contributed by atoms with Gasteiger partial charge in [-0.15, -0.1) is 0 Å². The number of hydrogen-bond donors (Lipinski definition) is 1. The van der Waals surface area contributed by atoms with Crippen molar-refractivity contribution < 1.29 is 13.9 Å². The van der Waals surface area contributed by atoms with Gasteiger partial charge in [-0.25, -0.2) is 9.18 Å². The number of halogens is 2. The summed E-state index contributed by atoms with van der Waals surface area (Å²) in [5.74, 6) is -0.315. The van der Waals surface area contributed by atoms with E-state index >= 15 is 0 Å². The van der Waals surface area contributed by atoms with Gasteiger partial charge in [-0.05, 0) is 18.2 Å². The predicted octanol–water partition coefficient (Wildman–Crippen LogP) is 2.61. The smallest absolute Gasteiger partial charge is 0.403 e. The average molecular weight is 218 g/mol. The van der Waals surface area contributed by atoms with Gasteiger partial charge in [0.25, 0.3) is 0 Å². The highest BCUT2D eigenvalue weighted by Gasteiger charge is 1.96. The van der Waals surface area contributed by atoms with Crippen LogP contribution in [0.2, 0.25) is 0 Å². The molecule has 0 saturated carbocycles. The maximum Gasteiger partial charge on any atom is 0.403 e. The second-order valence-electron chi connectivity index (χ2n) is 2.52. The third-order valence-electron chi connectivity index (χ3n) is 1.47. The van der Waals surface area contributed by atoms with Crippen LogP contribution >= 0.6 is 11.6 Å². The van der Waals surface area contributed by atoms with Crippen molar-refractivity contribution in [1.29, 1.82) is 0 Å². The summed E-state index contributed by atoms with van der Waals surface area (Å²) in [6, 6.07) is 6.00. The molecule has 0 unspecified atom stereocenters. The van der Waals surface area contributed by atoms with Crippen LogP contribution in [0.5, 0.6) is 0 Å². The van der Waals surface area contributed by atoms with Crippen molar-refractivity contribution in [2.75, 3.05) is 18.5 Å². The summed E-state index contributed by atoms with van der Waals surface area (Å²) in [7, 11) is 0. The van der Waals surface area contributed by atoms with Crippen LogP contribution < -0.4 is 5.32 Å². The molecule has 0 aliphatic rings. The minimum Gasteiger partial charge on any atom is -0.452 e. The van der Waals surface area contributed by atoms with Crippen LogP contribution in [0.15, 0.2) is 24.3 Å². The van der Waals surface area contributed by atoms with Crippen LogP contribution in [-0.2, 0) is 4.74 Å². The van der Waals surface area contributed by atoms with Crippen molar-refractivity contribution in [2.45, 2.75) is 0 Å². The lowest BCUT2D eigenvalue weighted by atomic mass is 10.3. The third kappa shape index (κ3) is 4.09. The second kappa shape index (κ2) is 5.44. The molecule has 0 fully saturated rings. The van der Waals surface area contributed by atoms with E-state index in [2.05, 4.69) is 10.1 Å². The Labute approximate surface area is 85.8 Å². The van der Waals surface area contributed by atoms with Crippen LogP contribution in [0.3, 0.4) is 0 Å². The van der Waals surface area contributed by atoms with E-state index in [0.717, 1.165) is 0 Å². The molecular formula is C9H9ClFNO2. The van der Waals surface area contributed by atoms with Crippen LogP contribution in [0.4, 0.5) is 14.9 Å². The number of carbonyl (C=O) groups excluding carboxylic acids is 1. The van der Waals surface area contributed by atoms with E-state index < -0.39 is 5.43 Å². The number of nitrogens with one attached hydrogen (secondary N) is 1. The number of benzene rings is 1. The van der Waals surface area contributed by atoms with Gasteiger partial charge in [-0.1, -0.05) is 6.07 Å². The summed E-state index contributed by atoms with van der Waals surface area (Å²) < 4.78 is 17.1. The number of anilines is 1. The van der Waals surface area contributed by atoms with Crippen LogP contribution in [-0.4, -0.2) is 18.6 Å². The van der Waals surface area contributed by atoms with Gasteiger partial charge in [0, 0.05) is 23.8 Å². The quantitative estimate of drug-likeness (QED) is 0.622. The fourth-order valence-electron chi connectivity index (χ4n) is 0.925. The van der Waals surface area contributed by atoms with E-state index in [0.29, 0.717) is 12.2 Å². The molecule has 14 heavy (non-hydrogen) atoms. The molecule has 0 bridgehead atoms. The monoisotopic (exact) mass is 217 g/mol. The van der Waals surface area contributed by atoms with E-state index in [4.69, 9.17) is 11.6 Å². The van der Waals surface area contributed by atoms with Crippen molar-refractivity contribution >= 4 is 22.7 Å². The highest BCUT2D eigenvalue weighted by molar-refractivity contribution is 6.61. The average Bonchev–Trinajstić information content (AvgIpc) is 2.12. The molecule has 5 heteroatoms. The molecule has 0 radical (unpaired) electrons. The first-order chi connectivity index (χ1) is 6.68. The van der Waals surface area contributed by atoms with Crippen LogP contribution in [0.25, 0.3) is 0 Å². The topological polar surface area (TPSA) is 38.3 Å². The van der Waals surface area contributed by atoms with E-state index in [-0.39, 0.29) is 12.4 Å². The van der Waals surface area contributed by atoms with E-state index in [1.807, 2.05) is 0 Å². The van der Waals surface area contributed by atoms with Crippen molar-refractivity contribution in [1.82, 2.24) is 0 Å². The second-order valence-corrected chi connectivity index (χ2v) is 2.83. The van der Waals surface area contributed by atoms with Crippen molar-refractivity contribution in [3.05, 3.63) is 30.1 Å². The highest BCUT2D eigenvalue weighted by Crippen LogP contribution is 2.08. The molecule has 0 spiro atoms. The van der Waals surface area contributed by atoms with Gasteiger partial charge in [0.1, 0.15) is 12.4 Å². The molecule has 0 aromatic heterocycles. The third-order valence-corrected chi connectivity index (χ3v) is 1.58. The molecule has 0 aliphatic heterocycles. The summed E-state index contributed by atoms with van der Waals surface area (Å²) in [6.07, 6.45) is 0. The Morgan fingerprint density at radius 3 is 3.00 bits per heavy atom. The Hall–Kier alpha value is -1.29. The van der Waals surface area contributed by atoms with Crippen molar-refractivity contribution in [2.24, 2.45) is 0 Å². The molecule has 1 aromatic rings. The van der Waals surface area contributed by atoms with E-state index in [9.17, 15) is 9.18 Å². The summed E-state index contributed by atoms with van der Waals surface area (Å²) in [4.78, 5) is 10.2. The number of ether oxygens (including phenoxy) is 1. The largest absolute Gasteiger partial charge is 0.452 e. The summed E-state index contributed by atoms with van der Waals surface area (Å²) in [6.45, 7) is 0.542. The summed E-state index contributed by atoms with van der Waals surface area (Å²) in [5.41, 5.74) is -0.207. The zero-order valence-electron chi connectivity index (χ0n) is 7.30. The first-order valence-corrected chi connectivity index (χ1v) is 4.38. The molecule has 0 aliphatic carbocycles. The molecule has 3 nitrogen and oxygen atoms in total. The lowest BCUT2D eigenvalue weighted by molar-refractivity contribution is 0.178. The maximum absolute atomic E-state index is 12.7. The molecule has 0 saturated heterocycles. The lowest BCUT2D eigenvalue weighted by Crippen LogP contribution is -2.10. The van der Waals surface area contributed by atoms with Gasteiger partial charge >= 0.3 is 5.43 Å². The zero-order chi connectivity index (χ0) is 10.4. The first kappa shape index (κ1) is 10.8. The molecule has 1 aromatic carbocycles. The van der Waals surface area contributed by atoms with Gasteiger partial charge in [0.2, 0.25) is 0 Å². The van der Waals surface area contributed by atoms with E-state index in [1.54, 1.807) is 12.1 Å². The molecular weight excluding hydrogens is 209 g/mol.